The quantitative estimate of drug-likeness (QED) is 0.596. The van der Waals surface area contributed by atoms with Crippen LogP contribution in [0.5, 0.6) is 11.5 Å². The second kappa shape index (κ2) is 8.33. The lowest BCUT2D eigenvalue weighted by Crippen LogP contribution is -2.17. The summed E-state index contributed by atoms with van der Waals surface area (Å²) in [5, 5.41) is 13.6. The Morgan fingerprint density at radius 3 is 2.91 bits per heavy atom. The number of hydrogen-bond donors (Lipinski definition) is 2. The van der Waals surface area contributed by atoms with Gasteiger partial charge in [0.15, 0.2) is 0 Å². The molecular weight excluding hydrogens is 360 g/mol. The van der Waals surface area contributed by atoms with Gasteiger partial charge in [0.2, 0.25) is 0 Å². The summed E-state index contributed by atoms with van der Waals surface area (Å²) in [6, 6.07) is 12.0. The molecule has 0 bridgehead atoms. The van der Waals surface area contributed by atoms with Crippen molar-refractivity contribution in [3.8, 4) is 11.5 Å². The summed E-state index contributed by atoms with van der Waals surface area (Å²) in [5.41, 5.74) is 3.30. The van der Waals surface area contributed by atoms with Crippen LogP contribution in [0.1, 0.15) is 29.3 Å². The second-order valence-corrected chi connectivity index (χ2v) is 5.66. The molecule has 2 aromatic carbocycles. The Morgan fingerprint density at radius 2 is 2.13 bits per heavy atom. The molecule has 0 atom stereocenters. The van der Waals surface area contributed by atoms with Gasteiger partial charge in [0, 0.05) is 10.0 Å². The molecule has 0 saturated heterocycles. The minimum Gasteiger partial charge on any atom is -0.507 e. The van der Waals surface area contributed by atoms with E-state index in [1.165, 1.54) is 18.3 Å². The van der Waals surface area contributed by atoms with Crippen LogP contribution in [-0.4, -0.2) is 23.8 Å². The normalized spacial score (nSPS) is 10.7. The van der Waals surface area contributed by atoms with E-state index in [9.17, 15) is 9.90 Å². The summed E-state index contributed by atoms with van der Waals surface area (Å²) in [6.07, 6.45) is 2.42. The first-order chi connectivity index (χ1) is 11.1. The molecule has 6 heteroatoms. The lowest BCUT2D eigenvalue weighted by atomic mass is 10.2. The monoisotopic (exact) mass is 376 g/mol. The van der Waals surface area contributed by atoms with Crippen LogP contribution in [0.4, 0.5) is 0 Å². The summed E-state index contributed by atoms with van der Waals surface area (Å²) in [7, 11) is 0. The molecule has 0 aliphatic rings. The number of para-hydroxylation sites is 1. The molecule has 0 radical (unpaired) electrons. The Hall–Kier alpha value is -2.34. The zero-order chi connectivity index (χ0) is 16.7. The zero-order valence-corrected chi connectivity index (χ0v) is 14.2. The lowest BCUT2D eigenvalue weighted by molar-refractivity contribution is 0.0952. The van der Waals surface area contributed by atoms with Crippen LogP contribution in [-0.2, 0) is 0 Å². The number of rotatable bonds is 6. The molecule has 0 aliphatic heterocycles. The fourth-order valence-electron chi connectivity index (χ4n) is 1.84. The second-order valence-electron chi connectivity index (χ2n) is 4.75. The summed E-state index contributed by atoms with van der Waals surface area (Å²) in [5.74, 6) is 0.109. The van der Waals surface area contributed by atoms with Crippen molar-refractivity contribution in [1.29, 1.82) is 0 Å². The molecule has 23 heavy (non-hydrogen) atoms. The number of carbonyl (C=O) groups is 1. The van der Waals surface area contributed by atoms with Gasteiger partial charge in [-0.3, -0.25) is 4.79 Å². The molecule has 120 valence electrons. The predicted molar refractivity (Wildman–Crippen MR) is 93.1 cm³/mol. The van der Waals surface area contributed by atoms with Gasteiger partial charge in [-0.2, -0.15) is 5.10 Å². The van der Waals surface area contributed by atoms with Crippen molar-refractivity contribution in [2.75, 3.05) is 6.61 Å². The van der Waals surface area contributed by atoms with Gasteiger partial charge in [-0.05, 0) is 36.8 Å². The van der Waals surface area contributed by atoms with Crippen LogP contribution in [0.2, 0.25) is 0 Å². The fourth-order valence-corrected chi connectivity index (χ4v) is 2.20. The maximum absolute atomic E-state index is 12.0. The molecule has 0 spiro atoms. The van der Waals surface area contributed by atoms with Crippen LogP contribution >= 0.6 is 15.9 Å². The van der Waals surface area contributed by atoms with E-state index in [1.807, 2.05) is 31.2 Å². The third-order valence-electron chi connectivity index (χ3n) is 2.95. The fraction of sp³-hybridized carbons (Fsp3) is 0.176. The van der Waals surface area contributed by atoms with Crippen LogP contribution in [0.25, 0.3) is 0 Å². The number of amides is 1. The van der Waals surface area contributed by atoms with Gasteiger partial charge < -0.3 is 9.84 Å². The van der Waals surface area contributed by atoms with Crippen LogP contribution in [0.3, 0.4) is 0 Å². The van der Waals surface area contributed by atoms with E-state index in [2.05, 4.69) is 26.5 Å². The smallest absolute Gasteiger partial charge is 0.275 e. The molecule has 0 saturated carbocycles. The molecule has 0 heterocycles. The maximum atomic E-state index is 12.0. The summed E-state index contributed by atoms with van der Waals surface area (Å²) >= 11 is 3.26. The van der Waals surface area contributed by atoms with Crippen molar-refractivity contribution in [2.45, 2.75) is 13.3 Å². The number of carbonyl (C=O) groups excluding carboxylic acids is 1. The van der Waals surface area contributed by atoms with Gasteiger partial charge in [0.1, 0.15) is 11.5 Å². The number of aromatic hydroxyl groups is 1. The molecular formula is C17H17BrN2O3. The first kappa shape index (κ1) is 17.0. The van der Waals surface area contributed by atoms with E-state index in [-0.39, 0.29) is 11.3 Å². The van der Waals surface area contributed by atoms with Crippen molar-refractivity contribution in [2.24, 2.45) is 5.10 Å². The third-order valence-corrected chi connectivity index (χ3v) is 3.45. The Bertz CT molecular complexity index is 717. The number of ether oxygens (including phenoxy) is 1. The maximum Gasteiger partial charge on any atom is 0.275 e. The van der Waals surface area contributed by atoms with Gasteiger partial charge in [-0.15, -0.1) is 0 Å². The zero-order valence-electron chi connectivity index (χ0n) is 12.6. The van der Waals surface area contributed by atoms with Crippen LogP contribution < -0.4 is 10.2 Å². The topological polar surface area (TPSA) is 70.9 Å². The highest BCUT2D eigenvalue weighted by Gasteiger charge is 2.10. The molecule has 2 aromatic rings. The minimum atomic E-state index is -0.494. The van der Waals surface area contributed by atoms with E-state index in [0.717, 1.165) is 12.0 Å². The Balaban J connectivity index is 2.07. The standard InChI is InChI=1S/C17H17BrN2O3/c1-2-9-23-16-6-4-3-5-12(16)11-19-20-17(22)14-10-13(18)7-8-15(14)21/h3-8,10-11,21H,2,9H2,1H3,(H,20,22)/b19-11+. The van der Waals surface area contributed by atoms with Crippen LogP contribution in [0, 0.1) is 0 Å². The minimum absolute atomic E-state index is 0.104. The lowest BCUT2D eigenvalue weighted by Gasteiger charge is -2.07. The molecule has 5 nitrogen and oxygen atoms in total. The van der Waals surface area contributed by atoms with Crippen molar-refractivity contribution in [3.63, 3.8) is 0 Å². The Labute approximate surface area is 143 Å². The highest BCUT2D eigenvalue weighted by atomic mass is 79.9. The van der Waals surface area contributed by atoms with Crippen LogP contribution in [0.15, 0.2) is 52.0 Å². The number of nitrogens with zero attached hydrogens (tertiary/aromatic N) is 1. The predicted octanol–water partition coefficient (Wildman–Crippen LogP) is 3.71. The van der Waals surface area contributed by atoms with E-state index in [0.29, 0.717) is 16.8 Å². The number of phenolic OH excluding ortho intramolecular Hbond substituents is 1. The van der Waals surface area contributed by atoms with Gasteiger partial charge in [-0.25, -0.2) is 5.43 Å². The van der Waals surface area contributed by atoms with Crippen molar-refractivity contribution < 1.29 is 14.6 Å². The molecule has 0 fully saturated rings. The van der Waals surface area contributed by atoms with Gasteiger partial charge in [-0.1, -0.05) is 35.0 Å². The van der Waals surface area contributed by atoms with Gasteiger partial charge in [0.25, 0.3) is 5.91 Å². The molecule has 0 aliphatic carbocycles. The summed E-state index contributed by atoms with van der Waals surface area (Å²) in [6.45, 7) is 2.64. The van der Waals surface area contributed by atoms with Gasteiger partial charge >= 0.3 is 0 Å². The number of phenols is 1. The van der Waals surface area contributed by atoms with Crippen molar-refractivity contribution >= 4 is 28.1 Å². The van der Waals surface area contributed by atoms with Crippen molar-refractivity contribution in [3.05, 3.63) is 58.1 Å². The third kappa shape index (κ3) is 4.82. The average molecular weight is 377 g/mol. The highest BCUT2D eigenvalue weighted by molar-refractivity contribution is 9.10. The first-order valence-corrected chi connectivity index (χ1v) is 7.95. The Morgan fingerprint density at radius 1 is 1.35 bits per heavy atom. The van der Waals surface area contributed by atoms with E-state index in [4.69, 9.17) is 4.74 Å². The molecule has 2 N–H and O–H groups in total. The number of halogens is 1. The average Bonchev–Trinajstić information content (AvgIpc) is 2.56. The summed E-state index contributed by atoms with van der Waals surface area (Å²) < 4.78 is 6.31. The van der Waals surface area contributed by atoms with E-state index >= 15 is 0 Å². The summed E-state index contributed by atoms with van der Waals surface area (Å²) in [4.78, 5) is 12.0. The molecule has 1 amide bonds. The number of benzene rings is 2. The van der Waals surface area contributed by atoms with Crippen molar-refractivity contribution in [1.82, 2.24) is 5.43 Å². The number of hydrazone groups is 1. The van der Waals surface area contributed by atoms with E-state index < -0.39 is 5.91 Å². The number of hydrogen-bond acceptors (Lipinski definition) is 4. The molecule has 0 unspecified atom stereocenters. The Kier molecular flexibility index (Phi) is 6.17. The number of nitrogens with one attached hydrogen (secondary N) is 1. The highest BCUT2D eigenvalue weighted by Crippen LogP contribution is 2.21. The SMILES string of the molecule is CCCOc1ccccc1/C=N/NC(=O)c1cc(Br)ccc1O. The van der Waals surface area contributed by atoms with E-state index in [1.54, 1.807) is 6.07 Å². The largest absolute Gasteiger partial charge is 0.507 e. The first-order valence-electron chi connectivity index (χ1n) is 7.15. The van der Waals surface area contributed by atoms with Gasteiger partial charge in [0.05, 0.1) is 18.4 Å². The molecule has 0 aromatic heterocycles. The molecule has 2 rings (SSSR count).